The third-order valence-electron chi connectivity index (χ3n) is 3.53. The van der Waals surface area contributed by atoms with Gasteiger partial charge in [-0.1, -0.05) is 53.2 Å². The highest BCUT2D eigenvalue weighted by Gasteiger charge is 2.10. The molecule has 0 aliphatic carbocycles. The normalized spacial score (nSPS) is 12.4. The van der Waals surface area contributed by atoms with Crippen LogP contribution < -0.4 is 5.73 Å². The highest BCUT2D eigenvalue weighted by Crippen LogP contribution is 2.23. The zero-order valence-corrected chi connectivity index (χ0v) is 13.1. The van der Waals surface area contributed by atoms with Crippen molar-refractivity contribution in [2.45, 2.75) is 32.7 Å². The third kappa shape index (κ3) is 3.68. The van der Waals surface area contributed by atoms with Gasteiger partial charge in [-0.25, -0.2) is 0 Å². The molecule has 100 valence electrons. The Labute approximate surface area is 124 Å². The molecule has 2 aromatic rings. The lowest BCUT2D eigenvalue weighted by Gasteiger charge is -2.15. The lowest BCUT2D eigenvalue weighted by Crippen LogP contribution is -2.14. The molecule has 1 nitrogen and oxygen atoms in total. The van der Waals surface area contributed by atoms with E-state index in [0.29, 0.717) is 0 Å². The van der Waals surface area contributed by atoms with E-state index in [1.54, 1.807) is 0 Å². The van der Waals surface area contributed by atoms with Gasteiger partial charge >= 0.3 is 0 Å². The first kappa shape index (κ1) is 14.3. The van der Waals surface area contributed by atoms with Gasteiger partial charge in [0.2, 0.25) is 0 Å². The van der Waals surface area contributed by atoms with E-state index in [1.165, 1.54) is 22.3 Å². The van der Waals surface area contributed by atoms with Crippen LogP contribution in [0.1, 0.15) is 35.2 Å². The largest absolute Gasteiger partial charge is 0.324 e. The lowest BCUT2D eigenvalue weighted by molar-refractivity contribution is 0.716. The molecule has 1 atom stereocenters. The van der Waals surface area contributed by atoms with Crippen LogP contribution in [0.4, 0.5) is 0 Å². The van der Waals surface area contributed by atoms with Crippen LogP contribution in [0, 0.1) is 6.92 Å². The standard InChI is InChI=1S/C17H20BrN/c1-3-13-5-7-14(8-6-13)10-17(19)16-11-15(18)9-4-12(16)2/h4-9,11,17H,3,10,19H2,1-2H3. The van der Waals surface area contributed by atoms with E-state index in [4.69, 9.17) is 5.73 Å². The maximum absolute atomic E-state index is 6.35. The maximum atomic E-state index is 6.35. The Morgan fingerprint density at radius 2 is 1.68 bits per heavy atom. The molecule has 0 amide bonds. The summed E-state index contributed by atoms with van der Waals surface area (Å²) in [6, 6.07) is 15.1. The molecule has 0 aromatic heterocycles. The number of hydrogen-bond acceptors (Lipinski definition) is 1. The van der Waals surface area contributed by atoms with Crippen LogP contribution >= 0.6 is 15.9 Å². The van der Waals surface area contributed by atoms with Crippen molar-refractivity contribution in [2.24, 2.45) is 5.73 Å². The Morgan fingerprint density at radius 3 is 2.32 bits per heavy atom. The van der Waals surface area contributed by atoms with E-state index < -0.39 is 0 Å². The summed E-state index contributed by atoms with van der Waals surface area (Å²) in [5.41, 5.74) is 11.5. The van der Waals surface area contributed by atoms with Crippen LogP contribution in [0.2, 0.25) is 0 Å². The third-order valence-corrected chi connectivity index (χ3v) is 4.02. The molecule has 0 aliphatic rings. The zero-order chi connectivity index (χ0) is 13.8. The summed E-state index contributed by atoms with van der Waals surface area (Å²) in [5.74, 6) is 0. The van der Waals surface area contributed by atoms with Crippen LogP contribution in [-0.4, -0.2) is 0 Å². The monoisotopic (exact) mass is 317 g/mol. The molecule has 0 saturated carbocycles. The molecule has 2 heteroatoms. The Bertz CT molecular complexity index is 546. The summed E-state index contributed by atoms with van der Waals surface area (Å²) in [4.78, 5) is 0. The number of rotatable bonds is 4. The zero-order valence-electron chi connectivity index (χ0n) is 11.5. The Kier molecular flexibility index (Phi) is 4.78. The highest BCUT2D eigenvalue weighted by atomic mass is 79.9. The van der Waals surface area contributed by atoms with Crippen LogP contribution in [0.25, 0.3) is 0 Å². The fourth-order valence-corrected chi connectivity index (χ4v) is 2.66. The van der Waals surface area contributed by atoms with Crippen molar-refractivity contribution in [1.82, 2.24) is 0 Å². The summed E-state index contributed by atoms with van der Waals surface area (Å²) in [7, 11) is 0. The minimum atomic E-state index is 0.0463. The summed E-state index contributed by atoms with van der Waals surface area (Å²) >= 11 is 3.51. The lowest BCUT2D eigenvalue weighted by atomic mass is 9.95. The number of benzene rings is 2. The van der Waals surface area contributed by atoms with Crippen molar-refractivity contribution in [3.8, 4) is 0 Å². The summed E-state index contributed by atoms with van der Waals surface area (Å²) in [6.07, 6.45) is 1.96. The topological polar surface area (TPSA) is 26.0 Å². The van der Waals surface area contributed by atoms with Crippen molar-refractivity contribution in [2.75, 3.05) is 0 Å². The molecule has 0 radical (unpaired) electrons. The number of hydrogen-bond donors (Lipinski definition) is 1. The van der Waals surface area contributed by atoms with E-state index in [-0.39, 0.29) is 6.04 Å². The van der Waals surface area contributed by atoms with Gasteiger partial charge in [0, 0.05) is 10.5 Å². The highest BCUT2D eigenvalue weighted by molar-refractivity contribution is 9.10. The Morgan fingerprint density at radius 1 is 1.05 bits per heavy atom. The van der Waals surface area contributed by atoms with E-state index in [0.717, 1.165) is 17.3 Å². The summed E-state index contributed by atoms with van der Waals surface area (Å²) in [6.45, 7) is 4.29. The minimum absolute atomic E-state index is 0.0463. The molecule has 2 rings (SSSR count). The second-order valence-corrected chi connectivity index (χ2v) is 5.90. The molecule has 19 heavy (non-hydrogen) atoms. The van der Waals surface area contributed by atoms with Crippen LogP contribution in [0.15, 0.2) is 46.9 Å². The quantitative estimate of drug-likeness (QED) is 0.878. The van der Waals surface area contributed by atoms with E-state index in [2.05, 4.69) is 72.2 Å². The van der Waals surface area contributed by atoms with Crippen molar-refractivity contribution in [3.63, 3.8) is 0 Å². The van der Waals surface area contributed by atoms with Gasteiger partial charge in [-0.15, -0.1) is 0 Å². The average molecular weight is 318 g/mol. The smallest absolute Gasteiger partial charge is 0.0338 e. The Balaban J connectivity index is 2.15. The molecule has 0 aliphatic heterocycles. The molecule has 0 heterocycles. The molecule has 0 spiro atoms. The van der Waals surface area contributed by atoms with E-state index in [9.17, 15) is 0 Å². The second-order valence-electron chi connectivity index (χ2n) is 4.98. The fourth-order valence-electron chi connectivity index (χ4n) is 2.29. The van der Waals surface area contributed by atoms with Gasteiger partial charge < -0.3 is 5.73 Å². The predicted molar refractivity (Wildman–Crippen MR) is 85.3 cm³/mol. The van der Waals surface area contributed by atoms with E-state index >= 15 is 0 Å². The van der Waals surface area contributed by atoms with Gasteiger partial charge in [0.05, 0.1) is 0 Å². The summed E-state index contributed by atoms with van der Waals surface area (Å²) in [5, 5.41) is 0. The van der Waals surface area contributed by atoms with Gasteiger partial charge in [0.1, 0.15) is 0 Å². The van der Waals surface area contributed by atoms with Crippen molar-refractivity contribution >= 4 is 15.9 Å². The van der Waals surface area contributed by atoms with Crippen molar-refractivity contribution in [1.29, 1.82) is 0 Å². The van der Waals surface area contributed by atoms with Gasteiger partial charge in [-0.2, -0.15) is 0 Å². The molecule has 1 unspecified atom stereocenters. The molecular weight excluding hydrogens is 298 g/mol. The van der Waals surface area contributed by atoms with Gasteiger partial charge in [-0.05, 0) is 54.2 Å². The first-order valence-electron chi connectivity index (χ1n) is 6.69. The van der Waals surface area contributed by atoms with Crippen molar-refractivity contribution < 1.29 is 0 Å². The molecule has 0 fully saturated rings. The molecule has 0 bridgehead atoms. The first-order valence-corrected chi connectivity index (χ1v) is 7.49. The SMILES string of the molecule is CCc1ccc(CC(N)c2cc(Br)ccc2C)cc1. The van der Waals surface area contributed by atoms with Crippen LogP contribution in [-0.2, 0) is 12.8 Å². The average Bonchev–Trinajstić information content (AvgIpc) is 2.42. The van der Waals surface area contributed by atoms with Crippen LogP contribution in [0.5, 0.6) is 0 Å². The maximum Gasteiger partial charge on any atom is 0.0338 e. The first-order chi connectivity index (χ1) is 9.10. The number of halogens is 1. The van der Waals surface area contributed by atoms with E-state index in [1.807, 2.05) is 0 Å². The van der Waals surface area contributed by atoms with Crippen LogP contribution in [0.3, 0.4) is 0 Å². The minimum Gasteiger partial charge on any atom is -0.324 e. The number of aryl methyl sites for hydroxylation is 2. The fraction of sp³-hybridized carbons (Fsp3) is 0.294. The number of nitrogens with two attached hydrogens (primary N) is 1. The molecular formula is C17H20BrN. The van der Waals surface area contributed by atoms with Gasteiger partial charge in [0.15, 0.2) is 0 Å². The molecule has 2 N–H and O–H groups in total. The molecule has 2 aromatic carbocycles. The van der Waals surface area contributed by atoms with Gasteiger partial charge in [-0.3, -0.25) is 0 Å². The Hall–Kier alpha value is -1.12. The predicted octanol–water partition coefficient (Wildman–Crippen LogP) is 4.56. The van der Waals surface area contributed by atoms with Gasteiger partial charge in [0.25, 0.3) is 0 Å². The summed E-state index contributed by atoms with van der Waals surface area (Å²) < 4.78 is 1.09. The second kappa shape index (κ2) is 6.36. The van der Waals surface area contributed by atoms with Crippen molar-refractivity contribution in [3.05, 3.63) is 69.2 Å². The molecule has 0 saturated heterocycles.